The van der Waals surface area contributed by atoms with Gasteiger partial charge in [0.15, 0.2) is 0 Å². The summed E-state index contributed by atoms with van der Waals surface area (Å²) < 4.78 is 13.0. The van der Waals surface area contributed by atoms with E-state index >= 15 is 0 Å². The van der Waals surface area contributed by atoms with E-state index in [9.17, 15) is 9.18 Å². The van der Waals surface area contributed by atoms with Gasteiger partial charge in [-0.15, -0.1) is 0 Å². The first kappa shape index (κ1) is 13.0. The van der Waals surface area contributed by atoms with E-state index in [1.165, 1.54) is 12.1 Å². The van der Waals surface area contributed by atoms with Crippen molar-refractivity contribution < 1.29 is 9.18 Å². The van der Waals surface area contributed by atoms with Crippen molar-refractivity contribution in [1.82, 2.24) is 4.90 Å². The molecule has 1 aliphatic heterocycles. The Balaban J connectivity index is 2.30. The Bertz CT molecular complexity index is 432. The first-order chi connectivity index (χ1) is 8.57. The summed E-state index contributed by atoms with van der Waals surface area (Å²) in [5, 5.41) is 0. The number of hydrogen-bond acceptors (Lipinski definition) is 2. The lowest BCUT2D eigenvalue weighted by molar-refractivity contribution is -0.129. The highest BCUT2D eigenvalue weighted by atomic mass is 19.1. The Labute approximate surface area is 107 Å². The molecule has 1 unspecified atom stereocenters. The maximum absolute atomic E-state index is 13.0. The van der Waals surface area contributed by atoms with E-state index in [0.29, 0.717) is 19.5 Å². The lowest BCUT2D eigenvalue weighted by atomic mass is 9.74. The third-order valence-electron chi connectivity index (χ3n) is 4.02. The van der Waals surface area contributed by atoms with Crippen molar-refractivity contribution in [2.75, 3.05) is 20.1 Å². The van der Waals surface area contributed by atoms with Gasteiger partial charge in [-0.1, -0.05) is 12.1 Å². The molecule has 1 aromatic rings. The van der Waals surface area contributed by atoms with E-state index in [1.807, 2.05) is 7.05 Å². The van der Waals surface area contributed by atoms with Gasteiger partial charge in [-0.2, -0.15) is 0 Å². The Kier molecular flexibility index (Phi) is 3.66. The zero-order valence-electron chi connectivity index (χ0n) is 10.7. The molecule has 0 aromatic heterocycles. The van der Waals surface area contributed by atoms with Gasteiger partial charge in [0.2, 0.25) is 5.91 Å². The van der Waals surface area contributed by atoms with Crippen LogP contribution in [0.15, 0.2) is 24.3 Å². The van der Waals surface area contributed by atoms with E-state index in [2.05, 4.69) is 0 Å². The minimum Gasteiger partial charge on any atom is -0.346 e. The van der Waals surface area contributed by atoms with E-state index in [0.717, 1.165) is 18.4 Å². The van der Waals surface area contributed by atoms with Gasteiger partial charge in [-0.05, 0) is 30.5 Å². The molecule has 1 fully saturated rings. The fraction of sp³-hybridized carbons (Fsp3) is 0.500. The van der Waals surface area contributed by atoms with E-state index in [1.54, 1.807) is 17.0 Å². The van der Waals surface area contributed by atoms with Gasteiger partial charge in [0.25, 0.3) is 0 Å². The smallest absolute Gasteiger partial charge is 0.222 e. The minimum atomic E-state index is -0.243. The van der Waals surface area contributed by atoms with Crippen LogP contribution in [-0.4, -0.2) is 30.9 Å². The summed E-state index contributed by atoms with van der Waals surface area (Å²) >= 11 is 0. The normalized spacial score (nSPS) is 25.1. The standard InChI is InChI=1S/C14H19FN2O/c1-17-9-8-14(10-16,7-6-13(17)18)11-2-4-12(15)5-3-11/h2-5H,6-10,16H2,1H3. The van der Waals surface area contributed by atoms with Gasteiger partial charge in [-0.3, -0.25) is 4.79 Å². The van der Waals surface area contributed by atoms with Crippen LogP contribution in [0.3, 0.4) is 0 Å². The van der Waals surface area contributed by atoms with Gasteiger partial charge in [-0.25, -0.2) is 4.39 Å². The molecule has 1 aromatic carbocycles. The van der Waals surface area contributed by atoms with Crippen LogP contribution < -0.4 is 5.73 Å². The molecule has 1 atom stereocenters. The van der Waals surface area contributed by atoms with Crippen molar-refractivity contribution >= 4 is 5.91 Å². The maximum Gasteiger partial charge on any atom is 0.222 e. The van der Waals surface area contributed by atoms with Crippen LogP contribution in [0.1, 0.15) is 24.8 Å². The van der Waals surface area contributed by atoms with Crippen LogP contribution in [0.25, 0.3) is 0 Å². The zero-order valence-corrected chi connectivity index (χ0v) is 10.7. The second-order valence-electron chi connectivity index (χ2n) is 5.06. The number of carbonyl (C=O) groups excluding carboxylic acids is 1. The molecule has 0 spiro atoms. The quantitative estimate of drug-likeness (QED) is 0.867. The Morgan fingerprint density at radius 1 is 1.33 bits per heavy atom. The summed E-state index contributed by atoms with van der Waals surface area (Å²) in [7, 11) is 1.82. The van der Waals surface area contributed by atoms with Gasteiger partial charge >= 0.3 is 0 Å². The van der Waals surface area contributed by atoms with Gasteiger partial charge in [0.1, 0.15) is 5.82 Å². The highest BCUT2D eigenvalue weighted by Crippen LogP contribution is 2.34. The number of carbonyl (C=O) groups is 1. The molecule has 1 amide bonds. The predicted octanol–water partition coefficient (Wildman–Crippen LogP) is 1.66. The van der Waals surface area contributed by atoms with Crippen LogP contribution >= 0.6 is 0 Å². The van der Waals surface area contributed by atoms with Gasteiger partial charge in [0.05, 0.1) is 0 Å². The minimum absolute atomic E-state index is 0.160. The zero-order chi connectivity index (χ0) is 13.2. The van der Waals surface area contributed by atoms with Crippen molar-refractivity contribution in [3.8, 4) is 0 Å². The fourth-order valence-electron chi connectivity index (χ4n) is 2.58. The summed E-state index contributed by atoms with van der Waals surface area (Å²) in [6.07, 6.45) is 2.07. The molecule has 1 heterocycles. The number of nitrogens with two attached hydrogens (primary N) is 1. The average Bonchev–Trinajstić information content (AvgIpc) is 2.53. The number of halogens is 1. The second-order valence-corrected chi connectivity index (χ2v) is 5.06. The third kappa shape index (κ3) is 2.38. The van der Waals surface area contributed by atoms with Crippen molar-refractivity contribution in [3.05, 3.63) is 35.6 Å². The van der Waals surface area contributed by atoms with Gasteiger partial charge < -0.3 is 10.6 Å². The first-order valence-electron chi connectivity index (χ1n) is 6.27. The Morgan fingerprint density at radius 2 is 2.00 bits per heavy atom. The lowest BCUT2D eigenvalue weighted by Gasteiger charge is -2.31. The van der Waals surface area contributed by atoms with Crippen LogP contribution in [0.4, 0.5) is 4.39 Å². The molecule has 2 N–H and O–H groups in total. The second kappa shape index (κ2) is 5.06. The number of nitrogens with zero attached hydrogens (tertiary/aromatic N) is 1. The van der Waals surface area contributed by atoms with Crippen LogP contribution in [0.5, 0.6) is 0 Å². The van der Waals surface area contributed by atoms with Crippen molar-refractivity contribution in [2.24, 2.45) is 5.73 Å². The maximum atomic E-state index is 13.0. The molecule has 0 radical (unpaired) electrons. The SMILES string of the molecule is CN1CCC(CN)(c2ccc(F)cc2)CCC1=O. The number of hydrogen-bond donors (Lipinski definition) is 1. The fourth-order valence-corrected chi connectivity index (χ4v) is 2.58. The highest BCUT2D eigenvalue weighted by molar-refractivity contribution is 5.76. The van der Waals surface area contributed by atoms with Crippen molar-refractivity contribution in [1.29, 1.82) is 0 Å². The molecule has 2 rings (SSSR count). The lowest BCUT2D eigenvalue weighted by Crippen LogP contribution is -2.36. The Morgan fingerprint density at radius 3 is 2.61 bits per heavy atom. The Hall–Kier alpha value is -1.42. The summed E-state index contributed by atoms with van der Waals surface area (Å²) in [6, 6.07) is 6.50. The third-order valence-corrected chi connectivity index (χ3v) is 4.02. The summed E-state index contributed by atoms with van der Waals surface area (Å²) in [4.78, 5) is 13.5. The topological polar surface area (TPSA) is 46.3 Å². The van der Waals surface area contributed by atoms with Crippen LogP contribution in [0, 0.1) is 5.82 Å². The molecular weight excluding hydrogens is 231 g/mol. The summed E-state index contributed by atoms with van der Waals surface area (Å²) in [5.74, 6) is -0.0832. The summed E-state index contributed by atoms with van der Waals surface area (Å²) in [6.45, 7) is 1.19. The molecule has 4 heteroatoms. The molecule has 0 aliphatic carbocycles. The van der Waals surface area contributed by atoms with Gasteiger partial charge in [0, 0.05) is 32.0 Å². The number of likely N-dealkylation sites (tertiary alicyclic amines) is 1. The van der Waals surface area contributed by atoms with E-state index in [-0.39, 0.29) is 17.1 Å². The molecule has 98 valence electrons. The average molecular weight is 250 g/mol. The van der Waals surface area contributed by atoms with Crippen LogP contribution in [0.2, 0.25) is 0 Å². The number of benzene rings is 1. The molecule has 1 saturated heterocycles. The molecule has 0 saturated carbocycles. The van der Waals surface area contributed by atoms with Crippen molar-refractivity contribution in [3.63, 3.8) is 0 Å². The molecule has 1 aliphatic rings. The summed E-state index contributed by atoms with van der Waals surface area (Å²) in [5.41, 5.74) is 6.78. The first-order valence-corrected chi connectivity index (χ1v) is 6.27. The highest BCUT2D eigenvalue weighted by Gasteiger charge is 2.34. The van der Waals surface area contributed by atoms with Crippen LogP contribution in [-0.2, 0) is 10.2 Å². The molecule has 18 heavy (non-hydrogen) atoms. The van der Waals surface area contributed by atoms with E-state index < -0.39 is 0 Å². The number of amides is 1. The van der Waals surface area contributed by atoms with E-state index in [4.69, 9.17) is 5.73 Å². The molecule has 3 nitrogen and oxygen atoms in total. The monoisotopic (exact) mass is 250 g/mol. The molecule has 0 bridgehead atoms. The molecular formula is C14H19FN2O. The van der Waals surface area contributed by atoms with Crippen molar-refractivity contribution in [2.45, 2.75) is 24.7 Å². The number of rotatable bonds is 2. The predicted molar refractivity (Wildman–Crippen MR) is 68.6 cm³/mol. The largest absolute Gasteiger partial charge is 0.346 e.